The van der Waals surface area contributed by atoms with Crippen molar-refractivity contribution in [2.24, 2.45) is 0 Å². The average Bonchev–Trinajstić information content (AvgIpc) is 3.05. The van der Waals surface area contributed by atoms with Gasteiger partial charge in [0.1, 0.15) is 5.75 Å². The molecule has 0 unspecified atom stereocenters. The minimum Gasteiger partial charge on any atom is -0.496 e. The number of rotatable bonds is 4. The maximum Gasteiger partial charge on any atom is 0.257 e. The van der Waals surface area contributed by atoms with E-state index < -0.39 is 0 Å². The van der Waals surface area contributed by atoms with Gasteiger partial charge in [0, 0.05) is 16.5 Å². The number of hydrogen-bond donors (Lipinski definition) is 1. The van der Waals surface area contributed by atoms with E-state index in [1.807, 2.05) is 29.6 Å². The van der Waals surface area contributed by atoms with Gasteiger partial charge in [-0.25, -0.2) is 4.98 Å². The van der Waals surface area contributed by atoms with Crippen LogP contribution in [0.4, 0.5) is 5.13 Å². The molecule has 1 heterocycles. The van der Waals surface area contributed by atoms with Gasteiger partial charge in [0.2, 0.25) is 0 Å². The highest BCUT2D eigenvalue weighted by Gasteiger charge is 2.13. The lowest BCUT2D eigenvalue weighted by atomic mass is 10.1. The lowest BCUT2D eigenvalue weighted by Gasteiger charge is -2.05. The number of halogens is 2. The molecule has 122 valence electrons. The van der Waals surface area contributed by atoms with E-state index in [0.29, 0.717) is 20.7 Å². The zero-order valence-electron chi connectivity index (χ0n) is 12.5. The van der Waals surface area contributed by atoms with Crippen molar-refractivity contribution in [3.8, 4) is 17.0 Å². The Morgan fingerprint density at radius 3 is 2.71 bits per heavy atom. The van der Waals surface area contributed by atoms with Crippen LogP contribution in [0.3, 0.4) is 0 Å². The summed E-state index contributed by atoms with van der Waals surface area (Å²) in [5.41, 5.74) is 2.02. The van der Waals surface area contributed by atoms with Crippen molar-refractivity contribution in [1.82, 2.24) is 4.98 Å². The molecule has 4 nitrogen and oxygen atoms in total. The molecule has 2 aromatic carbocycles. The van der Waals surface area contributed by atoms with E-state index in [4.69, 9.17) is 27.9 Å². The number of ether oxygens (including phenoxy) is 1. The Morgan fingerprint density at radius 2 is 1.96 bits per heavy atom. The molecule has 3 rings (SSSR count). The van der Waals surface area contributed by atoms with Gasteiger partial charge in [0.25, 0.3) is 5.91 Å². The van der Waals surface area contributed by atoms with Crippen LogP contribution >= 0.6 is 34.5 Å². The number of methoxy groups -OCH3 is 1. The van der Waals surface area contributed by atoms with Crippen LogP contribution in [0.5, 0.6) is 5.75 Å². The van der Waals surface area contributed by atoms with Crippen LogP contribution in [0.15, 0.2) is 47.8 Å². The van der Waals surface area contributed by atoms with Crippen molar-refractivity contribution in [3.05, 3.63) is 63.5 Å². The van der Waals surface area contributed by atoms with E-state index in [0.717, 1.165) is 17.0 Å². The third-order valence-corrected chi connectivity index (χ3v) is 4.79. The lowest BCUT2D eigenvalue weighted by Crippen LogP contribution is -2.11. The normalized spacial score (nSPS) is 10.5. The second-order valence-electron chi connectivity index (χ2n) is 4.82. The lowest BCUT2D eigenvalue weighted by molar-refractivity contribution is 0.102. The first-order chi connectivity index (χ1) is 11.6. The molecule has 0 aliphatic rings. The molecule has 0 fully saturated rings. The van der Waals surface area contributed by atoms with Crippen molar-refractivity contribution < 1.29 is 9.53 Å². The number of carbonyl (C=O) groups excluding carboxylic acids is 1. The molecule has 7 heteroatoms. The summed E-state index contributed by atoms with van der Waals surface area (Å²) in [7, 11) is 1.61. The van der Waals surface area contributed by atoms with Crippen LogP contribution in [0.1, 0.15) is 10.4 Å². The molecule has 0 bridgehead atoms. The van der Waals surface area contributed by atoms with Gasteiger partial charge in [-0.15, -0.1) is 11.3 Å². The Morgan fingerprint density at radius 1 is 1.17 bits per heavy atom. The van der Waals surface area contributed by atoms with Crippen LogP contribution < -0.4 is 10.1 Å². The number of para-hydroxylation sites is 1. The molecule has 0 saturated carbocycles. The molecule has 3 aromatic rings. The monoisotopic (exact) mass is 378 g/mol. The van der Waals surface area contributed by atoms with Gasteiger partial charge in [-0.2, -0.15) is 0 Å². The summed E-state index contributed by atoms with van der Waals surface area (Å²) in [6, 6.07) is 12.3. The summed E-state index contributed by atoms with van der Waals surface area (Å²) >= 11 is 13.1. The quantitative estimate of drug-likeness (QED) is 0.662. The second kappa shape index (κ2) is 7.21. The number of aromatic nitrogens is 1. The zero-order valence-corrected chi connectivity index (χ0v) is 14.9. The topological polar surface area (TPSA) is 51.2 Å². The van der Waals surface area contributed by atoms with Gasteiger partial charge >= 0.3 is 0 Å². The maximum absolute atomic E-state index is 12.3. The largest absolute Gasteiger partial charge is 0.496 e. The van der Waals surface area contributed by atoms with Crippen LogP contribution in [0, 0.1) is 0 Å². The van der Waals surface area contributed by atoms with E-state index in [1.165, 1.54) is 17.4 Å². The van der Waals surface area contributed by atoms with Crippen molar-refractivity contribution in [2.75, 3.05) is 12.4 Å². The highest BCUT2D eigenvalue weighted by atomic mass is 35.5. The molecule has 0 aliphatic carbocycles. The zero-order chi connectivity index (χ0) is 17.1. The molecule has 0 radical (unpaired) electrons. The number of hydrogen-bond acceptors (Lipinski definition) is 4. The summed E-state index contributed by atoms with van der Waals surface area (Å²) in [6.45, 7) is 0. The Balaban J connectivity index is 1.81. The fourth-order valence-electron chi connectivity index (χ4n) is 2.12. The Labute approximate surface area is 153 Å². The highest BCUT2D eigenvalue weighted by molar-refractivity contribution is 7.14. The molecular weight excluding hydrogens is 367 g/mol. The molecule has 0 spiro atoms. The van der Waals surface area contributed by atoms with E-state index in [2.05, 4.69) is 10.3 Å². The van der Waals surface area contributed by atoms with Crippen molar-refractivity contribution in [2.45, 2.75) is 0 Å². The van der Waals surface area contributed by atoms with Crippen molar-refractivity contribution >= 4 is 45.6 Å². The summed E-state index contributed by atoms with van der Waals surface area (Å²) in [5.74, 6) is 0.430. The Kier molecular flexibility index (Phi) is 5.04. The summed E-state index contributed by atoms with van der Waals surface area (Å²) in [5, 5.41) is 5.85. The second-order valence-corrected chi connectivity index (χ2v) is 6.49. The number of nitrogens with zero attached hydrogens (tertiary/aromatic N) is 1. The Bertz CT molecular complexity index is 896. The fourth-order valence-corrected chi connectivity index (χ4v) is 3.12. The number of anilines is 1. The average molecular weight is 379 g/mol. The molecule has 0 aliphatic heterocycles. The van der Waals surface area contributed by atoms with Crippen LogP contribution in [-0.4, -0.2) is 18.0 Å². The van der Waals surface area contributed by atoms with Gasteiger partial charge in [0.15, 0.2) is 5.13 Å². The molecular formula is C17H12Cl2N2O2S. The number of amides is 1. The predicted molar refractivity (Wildman–Crippen MR) is 98.5 cm³/mol. The van der Waals surface area contributed by atoms with E-state index >= 15 is 0 Å². The minimum atomic E-state index is -0.297. The number of nitrogens with one attached hydrogen (secondary N) is 1. The summed E-state index contributed by atoms with van der Waals surface area (Å²) < 4.78 is 5.33. The summed E-state index contributed by atoms with van der Waals surface area (Å²) in [6.07, 6.45) is 0. The first kappa shape index (κ1) is 16.8. The molecule has 0 saturated heterocycles. The van der Waals surface area contributed by atoms with Gasteiger partial charge in [-0.05, 0) is 30.3 Å². The first-order valence-corrected chi connectivity index (χ1v) is 8.57. The predicted octanol–water partition coefficient (Wildman–Crippen LogP) is 5.38. The van der Waals surface area contributed by atoms with Gasteiger partial charge in [-0.1, -0.05) is 35.3 Å². The maximum atomic E-state index is 12.3. The van der Waals surface area contributed by atoms with E-state index in [9.17, 15) is 4.79 Å². The molecule has 0 atom stereocenters. The third-order valence-electron chi connectivity index (χ3n) is 3.29. The van der Waals surface area contributed by atoms with E-state index in [-0.39, 0.29) is 5.91 Å². The van der Waals surface area contributed by atoms with Gasteiger partial charge in [0.05, 0.1) is 22.8 Å². The number of benzene rings is 2. The smallest absolute Gasteiger partial charge is 0.257 e. The fraction of sp³-hybridized carbons (Fsp3) is 0.0588. The standard InChI is InChI=1S/C17H12Cl2N2O2S/c1-23-15-5-3-2-4-11(15)14-9-24-17(20-14)21-16(22)10-6-7-12(18)13(19)8-10/h2-9H,1H3,(H,20,21,22). The van der Waals surface area contributed by atoms with E-state index in [1.54, 1.807) is 19.2 Å². The van der Waals surface area contributed by atoms with Crippen LogP contribution in [0.25, 0.3) is 11.3 Å². The van der Waals surface area contributed by atoms with Gasteiger partial charge in [-0.3, -0.25) is 10.1 Å². The molecule has 1 amide bonds. The molecule has 24 heavy (non-hydrogen) atoms. The molecule has 1 N–H and O–H groups in total. The minimum absolute atomic E-state index is 0.297. The Hall–Kier alpha value is -2.08. The number of thiazole rings is 1. The van der Waals surface area contributed by atoms with Gasteiger partial charge < -0.3 is 4.74 Å². The number of carbonyl (C=O) groups is 1. The van der Waals surface area contributed by atoms with Crippen LogP contribution in [0.2, 0.25) is 10.0 Å². The van der Waals surface area contributed by atoms with Crippen molar-refractivity contribution in [3.63, 3.8) is 0 Å². The first-order valence-electron chi connectivity index (χ1n) is 6.94. The SMILES string of the molecule is COc1ccccc1-c1csc(NC(=O)c2ccc(Cl)c(Cl)c2)n1. The van der Waals surface area contributed by atoms with Crippen molar-refractivity contribution in [1.29, 1.82) is 0 Å². The summed E-state index contributed by atoms with van der Waals surface area (Å²) in [4.78, 5) is 16.7. The third kappa shape index (κ3) is 3.53. The highest BCUT2D eigenvalue weighted by Crippen LogP contribution is 2.32. The van der Waals surface area contributed by atoms with Crippen LogP contribution in [-0.2, 0) is 0 Å². The molecule has 1 aromatic heterocycles.